The number of hydrogen-bond donors (Lipinski definition) is 0. The van der Waals surface area contributed by atoms with E-state index in [1.165, 1.54) is 10.8 Å². The second-order valence-corrected chi connectivity index (χ2v) is 7.14. The van der Waals surface area contributed by atoms with Gasteiger partial charge in [-0.25, -0.2) is 9.37 Å². The molecule has 0 fully saturated rings. The average molecular weight is 354 g/mol. The molecule has 0 atom stereocenters. The van der Waals surface area contributed by atoms with E-state index in [-0.39, 0.29) is 5.82 Å². The number of hydrogen-bond acceptors (Lipinski definition) is 3. The van der Waals surface area contributed by atoms with Crippen molar-refractivity contribution < 1.29 is 4.39 Å². The Kier molecular flexibility index (Phi) is 3.86. The molecule has 1 heterocycles. The van der Waals surface area contributed by atoms with Crippen molar-refractivity contribution in [1.82, 2.24) is 4.98 Å². The standard InChI is InChI=1S/C14H9BrFNS2/c15-10-6-5-9(11(16)7-10)8-18-14-17-12-3-1-2-4-13(12)19-14/h1-7H,8H2. The first-order valence-electron chi connectivity index (χ1n) is 5.65. The van der Waals surface area contributed by atoms with Crippen molar-refractivity contribution in [2.75, 3.05) is 0 Å². The molecule has 0 aliphatic carbocycles. The molecule has 0 spiro atoms. The zero-order valence-corrected chi connectivity index (χ0v) is 13.0. The van der Waals surface area contributed by atoms with Crippen LogP contribution in [0.3, 0.4) is 0 Å². The highest BCUT2D eigenvalue weighted by Gasteiger charge is 2.07. The highest BCUT2D eigenvalue weighted by atomic mass is 79.9. The lowest BCUT2D eigenvalue weighted by atomic mass is 10.2. The normalized spacial score (nSPS) is 11.1. The van der Waals surface area contributed by atoms with Gasteiger partial charge in [-0.05, 0) is 29.8 Å². The second kappa shape index (κ2) is 5.61. The third-order valence-corrected chi connectivity index (χ3v) is 5.36. The number of nitrogens with zero attached hydrogens (tertiary/aromatic N) is 1. The third kappa shape index (κ3) is 2.99. The van der Waals surface area contributed by atoms with Crippen LogP contribution in [0.25, 0.3) is 10.2 Å². The van der Waals surface area contributed by atoms with Gasteiger partial charge < -0.3 is 0 Å². The van der Waals surface area contributed by atoms with Crippen LogP contribution >= 0.6 is 39.0 Å². The van der Waals surface area contributed by atoms with Crippen molar-refractivity contribution in [2.45, 2.75) is 10.1 Å². The van der Waals surface area contributed by atoms with Crippen LogP contribution in [0.1, 0.15) is 5.56 Å². The monoisotopic (exact) mass is 353 g/mol. The van der Waals surface area contributed by atoms with E-state index < -0.39 is 0 Å². The largest absolute Gasteiger partial charge is 0.230 e. The van der Waals surface area contributed by atoms with E-state index in [4.69, 9.17) is 0 Å². The molecule has 19 heavy (non-hydrogen) atoms. The Labute approximate surface area is 127 Å². The van der Waals surface area contributed by atoms with Crippen LogP contribution in [0.4, 0.5) is 4.39 Å². The van der Waals surface area contributed by atoms with Crippen LogP contribution in [0.15, 0.2) is 51.3 Å². The van der Waals surface area contributed by atoms with Crippen LogP contribution in [0, 0.1) is 5.82 Å². The van der Waals surface area contributed by atoms with Crippen molar-refractivity contribution in [1.29, 1.82) is 0 Å². The molecule has 0 radical (unpaired) electrons. The first kappa shape index (κ1) is 13.1. The van der Waals surface area contributed by atoms with E-state index in [0.29, 0.717) is 11.3 Å². The first-order chi connectivity index (χ1) is 9.22. The smallest absolute Gasteiger partial charge is 0.151 e. The summed E-state index contributed by atoms with van der Waals surface area (Å²) in [5, 5.41) is 0. The van der Waals surface area contributed by atoms with Crippen LogP contribution in [-0.2, 0) is 5.75 Å². The molecule has 1 nitrogen and oxygen atoms in total. The van der Waals surface area contributed by atoms with E-state index in [9.17, 15) is 4.39 Å². The molecule has 0 aliphatic rings. The Morgan fingerprint density at radius 3 is 2.84 bits per heavy atom. The molecular formula is C14H9BrFNS2. The van der Waals surface area contributed by atoms with Crippen molar-refractivity contribution in [3.05, 3.63) is 58.3 Å². The molecule has 5 heteroatoms. The van der Waals surface area contributed by atoms with Gasteiger partial charge in [0.15, 0.2) is 4.34 Å². The number of benzene rings is 2. The van der Waals surface area contributed by atoms with Gasteiger partial charge in [-0.1, -0.05) is 45.9 Å². The number of halogens is 2. The predicted molar refractivity (Wildman–Crippen MR) is 83.3 cm³/mol. The molecule has 0 saturated heterocycles. The SMILES string of the molecule is Fc1cc(Br)ccc1CSc1nc2ccccc2s1. The Morgan fingerprint density at radius 1 is 1.21 bits per heavy atom. The molecule has 3 rings (SSSR count). The minimum atomic E-state index is -0.178. The number of thiazole rings is 1. The molecule has 1 aromatic heterocycles. The second-order valence-electron chi connectivity index (χ2n) is 3.97. The van der Waals surface area contributed by atoms with E-state index >= 15 is 0 Å². The lowest BCUT2D eigenvalue weighted by Gasteiger charge is -2.01. The summed E-state index contributed by atoms with van der Waals surface area (Å²) in [6.45, 7) is 0. The summed E-state index contributed by atoms with van der Waals surface area (Å²) in [4.78, 5) is 4.52. The van der Waals surface area contributed by atoms with E-state index in [1.807, 2.05) is 24.3 Å². The summed E-state index contributed by atoms with van der Waals surface area (Å²) in [5.41, 5.74) is 1.71. The summed E-state index contributed by atoms with van der Waals surface area (Å²) in [6, 6.07) is 13.2. The fourth-order valence-corrected chi connectivity index (χ4v) is 4.08. The van der Waals surface area contributed by atoms with Gasteiger partial charge in [-0.15, -0.1) is 11.3 Å². The zero-order chi connectivity index (χ0) is 13.2. The maximum Gasteiger partial charge on any atom is 0.151 e. The number of para-hydroxylation sites is 1. The Balaban J connectivity index is 1.78. The van der Waals surface area contributed by atoms with E-state index in [2.05, 4.69) is 27.0 Å². The van der Waals surface area contributed by atoms with Crippen LogP contribution < -0.4 is 0 Å². The Morgan fingerprint density at radius 2 is 2.05 bits per heavy atom. The molecule has 2 aromatic carbocycles. The topological polar surface area (TPSA) is 12.9 Å². The maximum atomic E-state index is 13.7. The van der Waals surface area contributed by atoms with Gasteiger partial charge in [0.1, 0.15) is 5.82 Å². The Bertz CT molecular complexity index is 693. The van der Waals surface area contributed by atoms with Gasteiger partial charge >= 0.3 is 0 Å². The van der Waals surface area contributed by atoms with Crippen LogP contribution in [-0.4, -0.2) is 4.98 Å². The number of fused-ring (bicyclic) bond motifs is 1. The van der Waals surface area contributed by atoms with Crippen molar-refractivity contribution in [3.8, 4) is 0 Å². The minimum Gasteiger partial charge on any atom is -0.230 e. The Hall–Kier alpha value is -0.910. The van der Waals surface area contributed by atoms with Gasteiger partial charge in [0, 0.05) is 10.2 Å². The van der Waals surface area contributed by atoms with E-state index in [1.54, 1.807) is 29.2 Å². The fourth-order valence-electron chi connectivity index (χ4n) is 1.69. The lowest BCUT2D eigenvalue weighted by molar-refractivity contribution is 0.616. The summed E-state index contributed by atoms with van der Waals surface area (Å²) >= 11 is 6.48. The molecule has 0 N–H and O–H groups in total. The third-order valence-electron chi connectivity index (χ3n) is 2.64. The molecular weight excluding hydrogens is 345 g/mol. The fraction of sp³-hybridized carbons (Fsp3) is 0.0714. The number of thioether (sulfide) groups is 1. The maximum absolute atomic E-state index is 13.7. The lowest BCUT2D eigenvalue weighted by Crippen LogP contribution is -1.87. The van der Waals surface area contributed by atoms with Crippen LogP contribution in [0.5, 0.6) is 0 Å². The summed E-state index contributed by atoms with van der Waals surface area (Å²) in [6.07, 6.45) is 0. The number of rotatable bonds is 3. The molecule has 0 amide bonds. The van der Waals surface area contributed by atoms with E-state index in [0.717, 1.165) is 14.3 Å². The van der Waals surface area contributed by atoms with Crippen molar-refractivity contribution >= 4 is 49.2 Å². The molecule has 3 aromatic rings. The predicted octanol–water partition coefficient (Wildman–Crippen LogP) is 5.49. The molecule has 96 valence electrons. The van der Waals surface area contributed by atoms with Crippen molar-refractivity contribution in [2.24, 2.45) is 0 Å². The molecule has 0 unspecified atom stereocenters. The van der Waals surface area contributed by atoms with Crippen molar-refractivity contribution in [3.63, 3.8) is 0 Å². The number of aromatic nitrogens is 1. The van der Waals surface area contributed by atoms with Gasteiger partial charge in [-0.3, -0.25) is 0 Å². The summed E-state index contributed by atoms with van der Waals surface area (Å²) in [7, 11) is 0. The van der Waals surface area contributed by atoms with Gasteiger partial charge in [0.25, 0.3) is 0 Å². The summed E-state index contributed by atoms with van der Waals surface area (Å²) < 4.78 is 16.6. The first-order valence-corrected chi connectivity index (χ1v) is 8.24. The van der Waals surface area contributed by atoms with Gasteiger partial charge in [-0.2, -0.15) is 0 Å². The minimum absolute atomic E-state index is 0.178. The highest BCUT2D eigenvalue weighted by Crippen LogP contribution is 2.32. The van der Waals surface area contributed by atoms with Crippen LogP contribution in [0.2, 0.25) is 0 Å². The summed E-state index contributed by atoms with van der Waals surface area (Å²) in [5.74, 6) is 0.418. The van der Waals surface area contributed by atoms with Gasteiger partial charge in [0.05, 0.1) is 10.2 Å². The quantitative estimate of drug-likeness (QED) is 0.577. The molecule has 0 aliphatic heterocycles. The molecule has 0 saturated carbocycles. The highest BCUT2D eigenvalue weighted by molar-refractivity contribution is 9.10. The molecule has 0 bridgehead atoms. The van der Waals surface area contributed by atoms with Gasteiger partial charge in [0.2, 0.25) is 0 Å². The zero-order valence-electron chi connectivity index (χ0n) is 9.77. The average Bonchev–Trinajstić information content (AvgIpc) is 2.80.